The van der Waals surface area contributed by atoms with Gasteiger partial charge in [-0.05, 0) is 55.2 Å². The number of aryl methyl sites for hydroxylation is 1. The summed E-state index contributed by atoms with van der Waals surface area (Å²) in [7, 11) is 0. The molecule has 7 nitrogen and oxygen atoms in total. The Morgan fingerprint density at radius 3 is 2.75 bits per heavy atom. The van der Waals surface area contributed by atoms with Gasteiger partial charge in [0.2, 0.25) is 11.1 Å². The van der Waals surface area contributed by atoms with Gasteiger partial charge < -0.3 is 5.32 Å². The molecular weight excluding hydrogens is 324 g/mol. The average Bonchev–Trinajstić information content (AvgIpc) is 3.23. The zero-order chi connectivity index (χ0) is 17.0. The van der Waals surface area contributed by atoms with Crippen molar-refractivity contribution in [1.29, 1.82) is 5.26 Å². The second-order valence-electron chi connectivity index (χ2n) is 5.95. The van der Waals surface area contributed by atoms with Gasteiger partial charge in [0.25, 0.3) is 0 Å². The molecule has 1 N–H and O–H groups in total. The molecule has 1 aliphatic rings. The molecule has 24 heavy (non-hydrogen) atoms. The molecule has 0 saturated heterocycles. The molecule has 0 bridgehead atoms. The van der Waals surface area contributed by atoms with Crippen molar-refractivity contribution in [1.82, 2.24) is 25.5 Å². The van der Waals surface area contributed by atoms with Crippen LogP contribution in [0.5, 0.6) is 0 Å². The van der Waals surface area contributed by atoms with Gasteiger partial charge in [-0.1, -0.05) is 29.5 Å². The van der Waals surface area contributed by atoms with E-state index in [1.54, 1.807) is 4.68 Å². The van der Waals surface area contributed by atoms with E-state index in [9.17, 15) is 10.1 Å². The largest absolute Gasteiger partial charge is 0.337 e. The van der Waals surface area contributed by atoms with E-state index in [2.05, 4.69) is 26.9 Å². The van der Waals surface area contributed by atoms with Crippen molar-refractivity contribution < 1.29 is 4.79 Å². The number of carbonyl (C=O) groups is 1. The van der Waals surface area contributed by atoms with Crippen LogP contribution in [0.25, 0.3) is 5.69 Å². The van der Waals surface area contributed by atoms with Gasteiger partial charge in [0, 0.05) is 0 Å². The van der Waals surface area contributed by atoms with E-state index in [4.69, 9.17) is 0 Å². The summed E-state index contributed by atoms with van der Waals surface area (Å²) in [5.41, 5.74) is 1.30. The maximum atomic E-state index is 12.2. The zero-order valence-corrected chi connectivity index (χ0v) is 14.2. The Labute approximate surface area is 144 Å². The van der Waals surface area contributed by atoms with Gasteiger partial charge in [0.15, 0.2) is 0 Å². The summed E-state index contributed by atoms with van der Waals surface area (Å²) in [6.45, 7) is 2.01. The van der Waals surface area contributed by atoms with Crippen LogP contribution in [0.2, 0.25) is 0 Å². The minimum atomic E-state index is -0.694. The number of carbonyl (C=O) groups excluding carboxylic acids is 1. The van der Waals surface area contributed by atoms with E-state index < -0.39 is 5.54 Å². The van der Waals surface area contributed by atoms with Crippen molar-refractivity contribution in [2.75, 3.05) is 5.75 Å². The van der Waals surface area contributed by atoms with Crippen LogP contribution in [0.3, 0.4) is 0 Å². The Bertz CT molecular complexity index is 758. The first-order chi connectivity index (χ1) is 11.6. The fraction of sp³-hybridized carbons (Fsp3) is 0.438. The molecule has 0 radical (unpaired) electrons. The van der Waals surface area contributed by atoms with Crippen molar-refractivity contribution in [3.63, 3.8) is 0 Å². The average molecular weight is 342 g/mol. The molecule has 0 aliphatic heterocycles. The number of nitriles is 1. The molecule has 0 atom stereocenters. The topological polar surface area (TPSA) is 96.5 Å². The summed E-state index contributed by atoms with van der Waals surface area (Å²) in [5, 5.41) is 24.4. The van der Waals surface area contributed by atoms with Gasteiger partial charge in [-0.15, -0.1) is 5.10 Å². The van der Waals surface area contributed by atoms with Crippen LogP contribution in [0.15, 0.2) is 29.4 Å². The number of nitrogens with zero attached hydrogens (tertiary/aromatic N) is 5. The number of amides is 1. The molecule has 1 aromatic carbocycles. The summed E-state index contributed by atoms with van der Waals surface area (Å²) >= 11 is 1.26. The SMILES string of the molecule is Cc1ccc(-n2nnnc2SCC(=O)NC2(C#N)CCCC2)cc1. The van der Waals surface area contributed by atoms with E-state index in [1.165, 1.54) is 11.8 Å². The Balaban J connectivity index is 1.63. The number of hydrogen-bond acceptors (Lipinski definition) is 6. The van der Waals surface area contributed by atoms with Crippen molar-refractivity contribution >= 4 is 17.7 Å². The van der Waals surface area contributed by atoms with Crippen LogP contribution in [0, 0.1) is 18.3 Å². The molecule has 1 amide bonds. The highest BCUT2D eigenvalue weighted by molar-refractivity contribution is 7.99. The van der Waals surface area contributed by atoms with E-state index in [0.29, 0.717) is 5.16 Å². The fourth-order valence-corrected chi connectivity index (χ4v) is 3.48. The van der Waals surface area contributed by atoms with Crippen LogP contribution < -0.4 is 5.32 Å². The lowest BCUT2D eigenvalue weighted by Crippen LogP contribution is -2.45. The summed E-state index contributed by atoms with van der Waals surface area (Å²) in [6, 6.07) is 10.1. The fourth-order valence-electron chi connectivity index (χ4n) is 2.79. The summed E-state index contributed by atoms with van der Waals surface area (Å²) in [4.78, 5) is 12.2. The Morgan fingerprint density at radius 2 is 2.08 bits per heavy atom. The van der Waals surface area contributed by atoms with Crippen LogP contribution >= 0.6 is 11.8 Å². The molecular formula is C16H18N6OS. The van der Waals surface area contributed by atoms with E-state index in [0.717, 1.165) is 36.9 Å². The molecule has 0 unspecified atom stereocenters. The molecule has 3 rings (SSSR count). The molecule has 1 heterocycles. The molecule has 0 spiro atoms. The summed E-state index contributed by atoms with van der Waals surface area (Å²) in [6.07, 6.45) is 3.40. The number of benzene rings is 1. The third-order valence-electron chi connectivity index (χ3n) is 4.10. The van der Waals surface area contributed by atoms with Crippen molar-refractivity contribution in [2.24, 2.45) is 0 Å². The normalized spacial score (nSPS) is 15.8. The first-order valence-electron chi connectivity index (χ1n) is 7.82. The minimum Gasteiger partial charge on any atom is -0.337 e. The number of rotatable bonds is 5. The molecule has 2 aromatic rings. The predicted molar refractivity (Wildman–Crippen MR) is 89.6 cm³/mol. The van der Waals surface area contributed by atoms with Gasteiger partial charge in [-0.2, -0.15) is 9.94 Å². The van der Waals surface area contributed by atoms with Crippen LogP contribution in [0.1, 0.15) is 31.2 Å². The predicted octanol–water partition coefficient (Wildman–Crippen LogP) is 2.02. The van der Waals surface area contributed by atoms with Gasteiger partial charge in [-0.3, -0.25) is 4.79 Å². The first kappa shape index (κ1) is 16.5. The Hall–Kier alpha value is -2.40. The second-order valence-corrected chi connectivity index (χ2v) is 6.89. The quantitative estimate of drug-likeness (QED) is 0.835. The highest BCUT2D eigenvalue weighted by Crippen LogP contribution is 2.29. The molecule has 1 saturated carbocycles. The van der Waals surface area contributed by atoms with Crippen molar-refractivity contribution in [3.05, 3.63) is 29.8 Å². The Morgan fingerprint density at radius 1 is 1.38 bits per heavy atom. The van der Waals surface area contributed by atoms with Crippen LogP contribution in [0.4, 0.5) is 0 Å². The maximum absolute atomic E-state index is 12.2. The molecule has 1 aromatic heterocycles. The lowest BCUT2D eigenvalue weighted by molar-refractivity contribution is -0.119. The third kappa shape index (κ3) is 3.57. The standard InChI is InChI=1S/C16H18N6OS/c1-12-4-6-13(7-5-12)22-15(19-20-21-22)24-10-14(23)18-16(11-17)8-2-3-9-16/h4-7H,2-3,8-10H2,1H3,(H,18,23). The van der Waals surface area contributed by atoms with Crippen LogP contribution in [-0.2, 0) is 4.79 Å². The highest BCUT2D eigenvalue weighted by atomic mass is 32.2. The zero-order valence-electron chi connectivity index (χ0n) is 13.4. The van der Waals surface area contributed by atoms with E-state index in [-0.39, 0.29) is 11.7 Å². The Kier molecular flexibility index (Phi) is 4.81. The van der Waals surface area contributed by atoms with Gasteiger partial charge in [0.05, 0.1) is 17.5 Å². The van der Waals surface area contributed by atoms with Crippen molar-refractivity contribution in [2.45, 2.75) is 43.3 Å². The van der Waals surface area contributed by atoms with Gasteiger partial charge in [0.1, 0.15) is 5.54 Å². The molecule has 1 aliphatic carbocycles. The number of thioether (sulfide) groups is 1. The molecule has 8 heteroatoms. The number of tetrazole rings is 1. The minimum absolute atomic E-state index is 0.165. The van der Waals surface area contributed by atoms with E-state index >= 15 is 0 Å². The van der Waals surface area contributed by atoms with Gasteiger partial charge >= 0.3 is 0 Å². The molecule has 124 valence electrons. The summed E-state index contributed by atoms with van der Waals surface area (Å²) in [5.74, 6) is 0.0114. The first-order valence-corrected chi connectivity index (χ1v) is 8.81. The maximum Gasteiger partial charge on any atom is 0.231 e. The number of hydrogen-bond donors (Lipinski definition) is 1. The van der Waals surface area contributed by atoms with Crippen molar-refractivity contribution in [3.8, 4) is 11.8 Å². The summed E-state index contributed by atoms with van der Waals surface area (Å²) < 4.78 is 1.60. The third-order valence-corrected chi connectivity index (χ3v) is 5.02. The van der Waals surface area contributed by atoms with E-state index in [1.807, 2.05) is 31.2 Å². The van der Waals surface area contributed by atoms with Gasteiger partial charge in [-0.25, -0.2) is 0 Å². The number of nitrogens with one attached hydrogen (secondary N) is 1. The lowest BCUT2D eigenvalue weighted by Gasteiger charge is -2.21. The highest BCUT2D eigenvalue weighted by Gasteiger charge is 2.35. The lowest BCUT2D eigenvalue weighted by atomic mass is 10.0. The monoisotopic (exact) mass is 342 g/mol. The van der Waals surface area contributed by atoms with Crippen LogP contribution in [-0.4, -0.2) is 37.4 Å². The second kappa shape index (κ2) is 7.01. The molecule has 1 fully saturated rings. The smallest absolute Gasteiger partial charge is 0.231 e. The number of aromatic nitrogens is 4.